The summed E-state index contributed by atoms with van der Waals surface area (Å²) in [5, 5.41) is 11.9. The molecule has 0 spiro atoms. The number of likely N-dealkylation sites (tertiary alicyclic amines) is 1. The molecular formula is C24H32F2N8O. The first kappa shape index (κ1) is 22.7. The van der Waals surface area contributed by atoms with Crippen LogP contribution in [0.3, 0.4) is 0 Å². The highest BCUT2D eigenvalue weighted by Crippen LogP contribution is 2.33. The predicted octanol–water partition coefficient (Wildman–Crippen LogP) is 3.50. The summed E-state index contributed by atoms with van der Waals surface area (Å²) in [6.07, 6.45) is 5.88. The zero-order valence-electron chi connectivity index (χ0n) is 20.1. The molecule has 0 radical (unpaired) electrons. The van der Waals surface area contributed by atoms with Gasteiger partial charge in [0.1, 0.15) is 5.82 Å². The fraction of sp³-hybridized carbons (Fsp3) is 0.625. The van der Waals surface area contributed by atoms with Gasteiger partial charge in [-0.1, -0.05) is 0 Å². The molecule has 0 amide bonds. The number of nitrogens with zero attached hydrogens (tertiary/aromatic N) is 7. The molecule has 0 unspecified atom stereocenters. The van der Waals surface area contributed by atoms with Crippen LogP contribution in [-0.4, -0.2) is 73.7 Å². The second-order valence-corrected chi connectivity index (χ2v) is 10.1. The Morgan fingerprint density at radius 1 is 1.20 bits per heavy atom. The lowest BCUT2D eigenvalue weighted by atomic mass is 10.0. The number of fused-ring (bicyclic) bond motifs is 3. The standard InChI is InChI=1S/C24H32F2N8O/c1-15(2)31-6-3-17(4-7-31)34-13-20(22(30-34)23(25)26)27-10-16-11-28-33-8-5-21(29-24(16)33)32-12-19-9-18(32)14-35-19/h5,8,11,13,15,17-19,23,27H,3-4,6-7,9-10,12,14H2,1-2H3/t18-,19-/m1/s1. The minimum Gasteiger partial charge on any atom is -0.378 e. The summed E-state index contributed by atoms with van der Waals surface area (Å²) in [5.41, 5.74) is 1.75. The van der Waals surface area contributed by atoms with E-state index in [9.17, 15) is 8.78 Å². The van der Waals surface area contributed by atoms with Crippen molar-refractivity contribution in [3.63, 3.8) is 0 Å². The van der Waals surface area contributed by atoms with Gasteiger partial charge < -0.3 is 19.9 Å². The maximum absolute atomic E-state index is 13.8. The number of nitrogens with one attached hydrogen (secondary N) is 1. The molecule has 0 aliphatic carbocycles. The van der Waals surface area contributed by atoms with E-state index in [0.29, 0.717) is 24.3 Å². The molecule has 2 bridgehead atoms. The highest BCUT2D eigenvalue weighted by molar-refractivity contribution is 5.56. The van der Waals surface area contributed by atoms with Crippen LogP contribution in [0.1, 0.15) is 56.8 Å². The minimum atomic E-state index is -2.64. The zero-order chi connectivity index (χ0) is 24.1. The SMILES string of the molecule is CC(C)N1CCC(n2cc(NCc3cnn4ccc(N5C[C@H]6C[C@@H]5CO6)nc34)c(C(F)F)n2)CC1. The molecule has 3 aromatic heterocycles. The average Bonchev–Trinajstić information content (AvgIpc) is 3.65. The summed E-state index contributed by atoms with van der Waals surface area (Å²) in [5.74, 6) is 0.906. The number of rotatable bonds is 7. The van der Waals surface area contributed by atoms with E-state index in [4.69, 9.17) is 9.72 Å². The van der Waals surface area contributed by atoms with Crippen molar-refractivity contribution >= 4 is 17.2 Å². The quantitative estimate of drug-likeness (QED) is 0.548. The number of ether oxygens (including phenoxy) is 1. The van der Waals surface area contributed by atoms with Crippen LogP contribution in [-0.2, 0) is 11.3 Å². The Labute approximate surface area is 203 Å². The van der Waals surface area contributed by atoms with Gasteiger partial charge in [-0.15, -0.1) is 0 Å². The van der Waals surface area contributed by atoms with Gasteiger partial charge in [-0.25, -0.2) is 18.3 Å². The largest absolute Gasteiger partial charge is 0.378 e. The molecule has 6 heterocycles. The monoisotopic (exact) mass is 486 g/mol. The van der Waals surface area contributed by atoms with Crippen molar-refractivity contribution < 1.29 is 13.5 Å². The van der Waals surface area contributed by atoms with Crippen LogP contribution >= 0.6 is 0 Å². The third-order valence-corrected chi connectivity index (χ3v) is 7.66. The van der Waals surface area contributed by atoms with Gasteiger partial charge in [-0.3, -0.25) is 4.68 Å². The van der Waals surface area contributed by atoms with Gasteiger partial charge in [0.25, 0.3) is 6.43 Å². The van der Waals surface area contributed by atoms with E-state index in [1.54, 1.807) is 21.6 Å². The average molecular weight is 487 g/mol. The van der Waals surface area contributed by atoms with Gasteiger partial charge in [0.05, 0.1) is 36.7 Å². The van der Waals surface area contributed by atoms with Crippen molar-refractivity contribution in [3.05, 3.63) is 35.9 Å². The van der Waals surface area contributed by atoms with E-state index in [1.807, 2.05) is 12.3 Å². The fourth-order valence-electron chi connectivity index (χ4n) is 5.62. The second-order valence-electron chi connectivity index (χ2n) is 10.1. The summed E-state index contributed by atoms with van der Waals surface area (Å²) < 4.78 is 36.8. The molecule has 3 aromatic rings. The summed E-state index contributed by atoms with van der Waals surface area (Å²) in [4.78, 5) is 9.57. The number of alkyl halides is 2. The number of morpholine rings is 1. The Hall–Kier alpha value is -2.79. The molecule has 188 valence electrons. The van der Waals surface area contributed by atoms with E-state index in [-0.39, 0.29) is 17.8 Å². The van der Waals surface area contributed by atoms with Gasteiger partial charge in [-0.05, 0) is 39.2 Å². The molecule has 3 fully saturated rings. The molecule has 1 N–H and O–H groups in total. The van der Waals surface area contributed by atoms with Crippen molar-refractivity contribution in [2.75, 3.05) is 36.5 Å². The fourth-order valence-corrected chi connectivity index (χ4v) is 5.62. The number of hydrogen-bond acceptors (Lipinski definition) is 7. The van der Waals surface area contributed by atoms with Crippen LogP contribution in [0.15, 0.2) is 24.7 Å². The van der Waals surface area contributed by atoms with Crippen molar-refractivity contribution in [3.8, 4) is 0 Å². The summed E-state index contributed by atoms with van der Waals surface area (Å²) in [6.45, 7) is 8.21. The summed E-state index contributed by atoms with van der Waals surface area (Å²) in [6, 6.07) is 2.98. The number of aromatic nitrogens is 5. The summed E-state index contributed by atoms with van der Waals surface area (Å²) >= 11 is 0. The Morgan fingerprint density at radius 3 is 2.71 bits per heavy atom. The highest BCUT2D eigenvalue weighted by atomic mass is 19.3. The smallest absolute Gasteiger partial charge is 0.284 e. The van der Waals surface area contributed by atoms with Crippen LogP contribution in [0.2, 0.25) is 0 Å². The van der Waals surface area contributed by atoms with Gasteiger partial charge in [-0.2, -0.15) is 10.2 Å². The van der Waals surface area contributed by atoms with E-state index in [1.165, 1.54) is 0 Å². The van der Waals surface area contributed by atoms with Crippen molar-refractivity contribution in [2.45, 2.75) is 70.3 Å². The molecule has 0 saturated carbocycles. The molecule has 35 heavy (non-hydrogen) atoms. The van der Waals surface area contributed by atoms with Crippen LogP contribution in [0, 0.1) is 0 Å². The van der Waals surface area contributed by atoms with Crippen molar-refractivity contribution in [2.24, 2.45) is 0 Å². The lowest BCUT2D eigenvalue weighted by molar-refractivity contribution is 0.0989. The first-order chi connectivity index (χ1) is 17.0. The maximum Gasteiger partial charge on any atom is 0.284 e. The van der Waals surface area contributed by atoms with Crippen LogP contribution < -0.4 is 10.2 Å². The highest BCUT2D eigenvalue weighted by Gasteiger charge is 2.39. The minimum absolute atomic E-state index is 0.138. The molecule has 6 rings (SSSR count). The van der Waals surface area contributed by atoms with Crippen molar-refractivity contribution in [1.82, 2.24) is 29.3 Å². The molecular weight excluding hydrogens is 454 g/mol. The normalized spacial score (nSPS) is 23.4. The molecule has 3 saturated heterocycles. The van der Waals surface area contributed by atoms with Crippen molar-refractivity contribution in [1.29, 1.82) is 0 Å². The topological polar surface area (TPSA) is 75.8 Å². The van der Waals surface area contributed by atoms with Crippen LogP contribution in [0.4, 0.5) is 20.3 Å². The van der Waals surface area contributed by atoms with E-state index < -0.39 is 6.43 Å². The number of anilines is 2. The Bertz CT molecular complexity index is 1190. The third-order valence-electron chi connectivity index (χ3n) is 7.66. The molecule has 3 aliphatic rings. The van der Waals surface area contributed by atoms with Gasteiger partial charge in [0, 0.05) is 50.2 Å². The Balaban J connectivity index is 1.19. The Morgan fingerprint density at radius 2 is 2.03 bits per heavy atom. The second kappa shape index (κ2) is 9.02. The van der Waals surface area contributed by atoms with Crippen LogP contribution in [0.5, 0.6) is 0 Å². The molecule has 9 nitrogen and oxygen atoms in total. The number of halogens is 2. The molecule has 3 aliphatic heterocycles. The summed E-state index contributed by atoms with van der Waals surface area (Å²) in [7, 11) is 0. The van der Waals surface area contributed by atoms with Gasteiger partial charge >= 0.3 is 0 Å². The van der Waals surface area contributed by atoms with Gasteiger partial charge in [0.2, 0.25) is 0 Å². The van der Waals surface area contributed by atoms with Crippen LogP contribution in [0.25, 0.3) is 5.65 Å². The molecule has 0 aromatic carbocycles. The maximum atomic E-state index is 13.8. The number of hydrogen-bond donors (Lipinski definition) is 1. The lowest BCUT2D eigenvalue weighted by Crippen LogP contribution is -2.39. The zero-order valence-corrected chi connectivity index (χ0v) is 20.1. The van der Waals surface area contributed by atoms with Gasteiger partial charge in [0.15, 0.2) is 11.3 Å². The molecule has 11 heteroatoms. The molecule has 2 atom stereocenters. The Kier molecular flexibility index (Phi) is 5.84. The number of piperidine rings is 1. The first-order valence-corrected chi connectivity index (χ1v) is 12.5. The van der Waals surface area contributed by atoms with E-state index in [0.717, 1.165) is 62.5 Å². The first-order valence-electron chi connectivity index (χ1n) is 12.5. The predicted molar refractivity (Wildman–Crippen MR) is 128 cm³/mol. The van der Waals surface area contributed by atoms with E-state index >= 15 is 0 Å². The third kappa shape index (κ3) is 4.24. The lowest BCUT2D eigenvalue weighted by Gasteiger charge is -2.34. The van der Waals surface area contributed by atoms with E-state index in [2.05, 4.69) is 39.2 Å².